The number of nitriles is 1. The number of hydrogen-bond acceptors (Lipinski definition) is 3. The number of nitrogens with zero attached hydrogens (tertiary/aromatic N) is 1. The van der Waals surface area contributed by atoms with Crippen molar-refractivity contribution in [3.05, 3.63) is 28.8 Å². The highest BCUT2D eigenvalue weighted by Crippen LogP contribution is 2.23. The van der Waals surface area contributed by atoms with E-state index < -0.39 is 6.04 Å². The topological polar surface area (TPSA) is 62.1 Å². The van der Waals surface area contributed by atoms with Gasteiger partial charge in [-0.05, 0) is 24.1 Å². The van der Waals surface area contributed by atoms with Crippen molar-refractivity contribution in [1.29, 1.82) is 5.26 Å². The van der Waals surface area contributed by atoms with Crippen LogP contribution in [-0.4, -0.2) is 19.1 Å². The largest absolute Gasteiger partial charge is 0.496 e. The Morgan fingerprint density at radius 2 is 2.17 bits per heavy atom. The normalized spacial score (nSPS) is 11.8. The lowest BCUT2D eigenvalue weighted by Gasteiger charge is -2.16. The second-order valence-electron chi connectivity index (χ2n) is 4.17. The van der Waals surface area contributed by atoms with Crippen LogP contribution in [0.1, 0.15) is 24.2 Å². The molecule has 96 valence electrons. The van der Waals surface area contributed by atoms with E-state index in [1.165, 1.54) is 7.11 Å². The summed E-state index contributed by atoms with van der Waals surface area (Å²) in [5.41, 5.74) is 0.364. The van der Waals surface area contributed by atoms with Gasteiger partial charge in [0.25, 0.3) is 5.91 Å². The molecule has 0 aliphatic carbocycles. The summed E-state index contributed by atoms with van der Waals surface area (Å²) in [4.78, 5) is 12.0. The minimum absolute atomic E-state index is 0.0391. The molecule has 1 aromatic carbocycles. The molecule has 0 fully saturated rings. The Balaban J connectivity index is 2.94. The molecule has 0 heterocycles. The molecule has 1 atom stereocenters. The molecule has 5 heteroatoms. The van der Waals surface area contributed by atoms with Gasteiger partial charge < -0.3 is 10.1 Å². The summed E-state index contributed by atoms with van der Waals surface area (Å²) in [7, 11) is 1.46. The second-order valence-corrected chi connectivity index (χ2v) is 4.61. The number of hydrogen-bond donors (Lipinski definition) is 1. The van der Waals surface area contributed by atoms with E-state index in [1.807, 2.05) is 13.8 Å². The molecule has 1 unspecified atom stereocenters. The Morgan fingerprint density at radius 3 is 2.67 bits per heavy atom. The Labute approximate surface area is 112 Å². The van der Waals surface area contributed by atoms with E-state index in [2.05, 4.69) is 11.4 Å². The lowest BCUT2D eigenvalue weighted by atomic mass is 10.1. The smallest absolute Gasteiger partial charge is 0.256 e. The third-order valence-electron chi connectivity index (χ3n) is 2.50. The van der Waals surface area contributed by atoms with Gasteiger partial charge in [-0.2, -0.15) is 5.26 Å². The van der Waals surface area contributed by atoms with Crippen LogP contribution in [0.3, 0.4) is 0 Å². The van der Waals surface area contributed by atoms with Crippen molar-refractivity contribution in [2.45, 2.75) is 19.9 Å². The van der Waals surface area contributed by atoms with E-state index in [9.17, 15) is 4.79 Å². The Morgan fingerprint density at radius 1 is 1.50 bits per heavy atom. The summed E-state index contributed by atoms with van der Waals surface area (Å²) in [5.74, 6) is 0.0847. The standard InChI is InChI=1S/C13H15ClN2O2/c1-8(2)11(7-15)16-13(17)10-5-4-9(14)6-12(10)18-3/h4-6,8,11H,1-3H3,(H,16,17). The number of methoxy groups -OCH3 is 1. The Bertz CT molecular complexity index is 480. The van der Waals surface area contributed by atoms with E-state index in [4.69, 9.17) is 21.6 Å². The van der Waals surface area contributed by atoms with Gasteiger partial charge in [0.1, 0.15) is 11.8 Å². The van der Waals surface area contributed by atoms with Gasteiger partial charge in [0, 0.05) is 5.02 Å². The lowest BCUT2D eigenvalue weighted by molar-refractivity contribution is 0.0934. The van der Waals surface area contributed by atoms with Gasteiger partial charge in [0.2, 0.25) is 0 Å². The zero-order valence-electron chi connectivity index (χ0n) is 10.5. The summed E-state index contributed by atoms with van der Waals surface area (Å²) in [6, 6.07) is 6.27. The van der Waals surface area contributed by atoms with Crippen molar-refractivity contribution in [1.82, 2.24) is 5.32 Å². The SMILES string of the molecule is COc1cc(Cl)ccc1C(=O)NC(C#N)C(C)C. The minimum atomic E-state index is -0.530. The second kappa shape index (κ2) is 6.27. The van der Waals surface area contributed by atoms with Crippen molar-refractivity contribution < 1.29 is 9.53 Å². The van der Waals surface area contributed by atoms with Crippen molar-refractivity contribution in [3.8, 4) is 11.8 Å². The fraction of sp³-hybridized carbons (Fsp3) is 0.385. The van der Waals surface area contributed by atoms with Gasteiger partial charge in [0.15, 0.2) is 0 Å². The number of nitrogens with one attached hydrogen (secondary N) is 1. The van der Waals surface area contributed by atoms with Crippen molar-refractivity contribution in [2.24, 2.45) is 5.92 Å². The molecular weight excluding hydrogens is 252 g/mol. The lowest BCUT2D eigenvalue weighted by Crippen LogP contribution is -2.37. The molecule has 0 spiro atoms. The molecule has 0 aromatic heterocycles. The minimum Gasteiger partial charge on any atom is -0.496 e. The fourth-order valence-corrected chi connectivity index (χ4v) is 1.58. The summed E-state index contributed by atoms with van der Waals surface area (Å²) < 4.78 is 5.09. The number of ether oxygens (including phenoxy) is 1. The van der Waals surface area contributed by atoms with E-state index in [0.29, 0.717) is 16.3 Å². The highest BCUT2D eigenvalue weighted by molar-refractivity contribution is 6.30. The summed E-state index contributed by atoms with van der Waals surface area (Å²) >= 11 is 5.82. The number of carbonyl (C=O) groups is 1. The first-order valence-corrected chi connectivity index (χ1v) is 5.91. The first-order valence-electron chi connectivity index (χ1n) is 5.53. The molecule has 1 aromatic rings. The van der Waals surface area contributed by atoms with Crippen LogP contribution in [0.15, 0.2) is 18.2 Å². The number of carbonyl (C=O) groups excluding carboxylic acids is 1. The van der Waals surface area contributed by atoms with E-state index in [-0.39, 0.29) is 11.8 Å². The molecule has 0 aliphatic rings. The van der Waals surface area contributed by atoms with Crippen LogP contribution in [-0.2, 0) is 0 Å². The van der Waals surface area contributed by atoms with E-state index >= 15 is 0 Å². The van der Waals surface area contributed by atoms with Crippen LogP contribution in [0.2, 0.25) is 5.02 Å². The summed E-state index contributed by atoms with van der Waals surface area (Å²) in [6.07, 6.45) is 0. The maximum absolute atomic E-state index is 12.0. The van der Waals surface area contributed by atoms with Gasteiger partial charge in [-0.15, -0.1) is 0 Å². The van der Waals surface area contributed by atoms with Crippen LogP contribution in [0.25, 0.3) is 0 Å². The highest BCUT2D eigenvalue weighted by atomic mass is 35.5. The van der Waals surface area contributed by atoms with Gasteiger partial charge in [-0.1, -0.05) is 25.4 Å². The molecule has 1 rings (SSSR count). The number of rotatable bonds is 4. The molecule has 18 heavy (non-hydrogen) atoms. The average Bonchev–Trinajstić information content (AvgIpc) is 2.34. The highest BCUT2D eigenvalue weighted by Gasteiger charge is 2.19. The molecule has 4 nitrogen and oxygen atoms in total. The van der Waals surface area contributed by atoms with Gasteiger partial charge in [-0.25, -0.2) is 0 Å². The number of amides is 1. The maximum Gasteiger partial charge on any atom is 0.256 e. The van der Waals surface area contributed by atoms with Gasteiger partial charge in [-0.3, -0.25) is 4.79 Å². The van der Waals surface area contributed by atoms with Crippen LogP contribution >= 0.6 is 11.6 Å². The van der Waals surface area contributed by atoms with Crippen molar-refractivity contribution in [2.75, 3.05) is 7.11 Å². The summed E-state index contributed by atoms with van der Waals surface area (Å²) in [6.45, 7) is 3.74. The van der Waals surface area contributed by atoms with Gasteiger partial charge in [0.05, 0.1) is 18.7 Å². The van der Waals surface area contributed by atoms with E-state index in [1.54, 1.807) is 18.2 Å². The average molecular weight is 267 g/mol. The molecule has 0 bridgehead atoms. The zero-order chi connectivity index (χ0) is 13.7. The third-order valence-corrected chi connectivity index (χ3v) is 2.74. The Hall–Kier alpha value is -1.73. The van der Waals surface area contributed by atoms with Crippen LogP contribution in [0, 0.1) is 17.2 Å². The molecule has 0 aliphatic heterocycles. The molecular formula is C13H15ClN2O2. The molecule has 1 amide bonds. The molecule has 1 N–H and O–H groups in total. The first kappa shape index (κ1) is 14.3. The van der Waals surface area contributed by atoms with Crippen LogP contribution in [0.4, 0.5) is 0 Å². The molecule has 0 radical (unpaired) electrons. The number of benzene rings is 1. The summed E-state index contributed by atoms with van der Waals surface area (Å²) in [5, 5.41) is 12.1. The number of halogens is 1. The fourth-order valence-electron chi connectivity index (χ4n) is 1.42. The monoisotopic (exact) mass is 266 g/mol. The van der Waals surface area contributed by atoms with Crippen LogP contribution in [0.5, 0.6) is 5.75 Å². The maximum atomic E-state index is 12.0. The zero-order valence-corrected chi connectivity index (χ0v) is 11.3. The van der Waals surface area contributed by atoms with Gasteiger partial charge >= 0.3 is 0 Å². The van der Waals surface area contributed by atoms with Crippen LogP contribution < -0.4 is 10.1 Å². The predicted octanol–water partition coefficient (Wildman–Crippen LogP) is 2.63. The van der Waals surface area contributed by atoms with Crippen molar-refractivity contribution >= 4 is 17.5 Å². The molecule has 0 saturated heterocycles. The van der Waals surface area contributed by atoms with Crippen molar-refractivity contribution in [3.63, 3.8) is 0 Å². The first-order chi connectivity index (χ1) is 8.49. The third kappa shape index (κ3) is 3.38. The predicted molar refractivity (Wildman–Crippen MR) is 69.7 cm³/mol. The Kier molecular flexibility index (Phi) is 4.99. The quantitative estimate of drug-likeness (QED) is 0.911. The van der Waals surface area contributed by atoms with E-state index in [0.717, 1.165) is 0 Å². The molecule has 0 saturated carbocycles.